The first-order chi connectivity index (χ1) is 9.97. The Balaban J connectivity index is 2.03. The van der Waals surface area contributed by atoms with E-state index < -0.39 is 0 Å². The Morgan fingerprint density at radius 2 is 1.76 bits per heavy atom. The van der Waals surface area contributed by atoms with Crippen molar-refractivity contribution < 1.29 is 4.79 Å². The van der Waals surface area contributed by atoms with Gasteiger partial charge in [-0.1, -0.05) is 61.3 Å². The molecular formula is C17H16Cl2OS. The lowest BCUT2D eigenvalue weighted by Gasteiger charge is -2.07. The molecule has 0 amide bonds. The van der Waals surface area contributed by atoms with E-state index in [-0.39, 0.29) is 5.78 Å². The van der Waals surface area contributed by atoms with E-state index in [0.29, 0.717) is 21.7 Å². The molecule has 0 radical (unpaired) electrons. The van der Waals surface area contributed by atoms with Crippen molar-refractivity contribution in [2.24, 2.45) is 0 Å². The van der Waals surface area contributed by atoms with Crippen molar-refractivity contribution in [3.63, 3.8) is 0 Å². The summed E-state index contributed by atoms with van der Waals surface area (Å²) in [7, 11) is 0. The molecule has 0 saturated heterocycles. The van der Waals surface area contributed by atoms with Crippen LogP contribution in [0.4, 0.5) is 0 Å². The fourth-order valence-corrected chi connectivity index (χ4v) is 3.26. The average Bonchev–Trinajstić information content (AvgIpc) is 2.48. The lowest BCUT2D eigenvalue weighted by molar-refractivity contribution is 0.102. The summed E-state index contributed by atoms with van der Waals surface area (Å²) in [6, 6.07) is 13.1. The molecule has 110 valence electrons. The lowest BCUT2D eigenvalue weighted by atomic mass is 10.0. The second-order valence-corrected chi connectivity index (χ2v) is 6.92. The normalized spacial score (nSPS) is 10.9. The van der Waals surface area contributed by atoms with E-state index in [2.05, 4.69) is 13.8 Å². The Kier molecular flexibility index (Phi) is 5.74. The van der Waals surface area contributed by atoms with Crippen LogP contribution >= 0.6 is 35.0 Å². The number of halogens is 2. The molecule has 4 heteroatoms. The molecule has 0 heterocycles. The van der Waals surface area contributed by atoms with Crippen molar-refractivity contribution in [3.05, 3.63) is 63.6 Å². The van der Waals surface area contributed by atoms with Crippen LogP contribution < -0.4 is 0 Å². The molecule has 21 heavy (non-hydrogen) atoms. The smallest absolute Gasteiger partial charge is 0.173 e. The van der Waals surface area contributed by atoms with Crippen LogP contribution in [0, 0.1) is 0 Å². The summed E-state index contributed by atoms with van der Waals surface area (Å²) < 4.78 is 0. The second-order valence-electron chi connectivity index (χ2n) is 5.06. The monoisotopic (exact) mass is 338 g/mol. The predicted octanol–water partition coefficient (Wildman–Crippen LogP) is 6.09. The van der Waals surface area contributed by atoms with Crippen molar-refractivity contribution in [2.45, 2.75) is 24.7 Å². The molecule has 0 unspecified atom stereocenters. The topological polar surface area (TPSA) is 17.1 Å². The molecule has 1 nitrogen and oxygen atoms in total. The zero-order valence-corrected chi connectivity index (χ0v) is 14.2. The van der Waals surface area contributed by atoms with E-state index in [0.717, 1.165) is 10.5 Å². The molecule has 0 spiro atoms. The number of ketones is 1. The van der Waals surface area contributed by atoms with Crippen LogP contribution in [0.5, 0.6) is 0 Å². The summed E-state index contributed by atoms with van der Waals surface area (Å²) in [4.78, 5) is 13.0. The molecule has 0 fully saturated rings. The molecule has 0 aliphatic rings. The fraction of sp³-hybridized carbons (Fsp3) is 0.235. The van der Waals surface area contributed by atoms with Gasteiger partial charge in [0, 0.05) is 15.5 Å². The molecule has 0 aliphatic heterocycles. The summed E-state index contributed by atoms with van der Waals surface area (Å²) in [5.74, 6) is 0.904. The second kappa shape index (κ2) is 7.35. The minimum absolute atomic E-state index is 0.0892. The summed E-state index contributed by atoms with van der Waals surface area (Å²) >= 11 is 13.4. The number of hydrogen-bond acceptors (Lipinski definition) is 2. The molecule has 0 N–H and O–H groups in total. The van der Waals surface area contributed by atoms with Gasteiger partial charge in [-0.25, -0.2) is 0 Å². The fourth-order valence-electron chi connectivity index (χ4n) is 1.87. The van der Waals surface area contributed by atoms with E-state index in [4.69, 9.17) is 23.2 Å². The third-order valence-corrected chi connectivity index (χ3v) is 4.88. The van der Waals surface area contributed by atoms with Gasteiger partial charge in [0.2, 0.25) is 0 Å². The van der Waals surface area contributed by atoms with Gasteiger partial charge in [-0.2, -0.15) is 0 Å². The molecule has 2 aromatic rings. The highest BCUT2D eigenvalue weighted by molar-refractivity contribution is 8.00. The van der Waals surface area contributed by atoms with Gasteiger partial charge in [0.25, 0.3) is 0 Å². The highest BCUT2D eigenvalue weighted by atomic mass is 35.5. The van der Waals surface area contributed by atoms with E-state index in [9.17, 15) is 4.79 Å². The maximum atomic E-state index is 12.2. The maximum absolute atomic E-state index is 12.2. The first kappa shape index (κ1) is 16.4. The Hall–Kier alpha value is -0.960. The minimum Gasteiger partial charge on any atom is -0.293 e. The molecule has 0 atom stereocenters. The predicted molar refractivity (Wildman–Crippen MR) is 92.0 cm³/mol. The van der Waals surface area contributed by atoms with E-state index in [1.807, 2.05) is 24.3 Å². The zero-order valence-electron chi connectivity index (χ0n) is 11.9. The SMILES string of the molecule is CC(C)c1ccc(C(=O)CSc2cc(Cl)ccc2Cl)cc1. The van der Waals surface area contributed by atoms with Gasteiger partial charge in [-0.05, 0) is 29.7 Å². The first-order valence-electron chi connectivity index (χ1n) is 6.68. The van der Waals surface area contributed by atoms with E-state index >= 15 is 0 Å². The quantitative estimate of drug-likeness (QED) is 0.484. The number of carbonyl (C=O) groups is 1. The number of rotatable bonds is 5. The first-order valence-corrected chi connectivity index (χ1v) is 8.42. The summed E-state index contributed by atoms with van der Waals surface area (Å²) in [6.45, 7) is 4.27. The Bertz CT molecular complexity index is 636. The van der Waals surface area contributed by atoms with Crippen molar-refractivity contribution >= 4 is 40.7 Å². The van der Waals surface area contributed by atoms with Gasteiger partial charge >= 0.3 is 0 Å². The number of hydrogen-bond donors (Lipinski definition) is 0. The molecule has 0 saturated carbocycles. The third-order valence-electron chi connectivity index (χ3n) is 3.15. The minimum atomic E-state index is 0.0892. The standard InChI is InChI=1S/C17H16Cl2OS/c1-11(2)12-3-5-13(6-4-12)16(20)10-21-17-9-14(18)7-8-15(17)19/h3-9,11H,10H2,1-2H3. The summed E-state index contributed by atoms with van der Waals surface area (Å²) in [6.07, 6.45) is 0. The van der Waals surface area contributed by atoms with Crippen molar-refractivity contribution in [1.82, 2.24) is 0 Å². The average molecular weight is 339 g/mol. The van der Waals surface area contributed by atoms with Gasteiger partial charge in [-0.15, -0.1) is 11.8 Å². The van der Waals surface area contributed by atoms with Crippen LogP contribution in [0.1, 0.15) is 35.7 Å². The zero-order chi connectivity index (χ0) is 15.4. The van der Waals surface area contributed by atoms with Gasteiger partial charge in [0.15, 0.2) is 5.78 Å². The molecule has 2 rings (SSSR count). The van der Waals surface area contributed by atoms with Crippen LogP contribution in [0.3, 0.4) is 0 Å². The highest BCUT2D eigenvalue weighted by Crippen LogP contribution is 2.30. The van der Waals surface area contributed by atoms with E-state index in [1.54, 1.807) is 18.2 Å². The molecular weight excluding hydrogens is 323 g/mol. The largest absolute Gasteiger partial charge is 0.293 e. The third kappa shape index (κ3) is 4.50. The molecule has 0 aliphatic carbocycles. The van der Waals surface area contributed by atoms with Gasteiger partial charge in [-0.3, -0.25) is 4.79 Å². The Labute approximate surface area is 139 Å². The number of benzene rings is 2. The van der Waals surface area contributed by atoms with Crippen molar-refractivity contribution in [3.8, 4) is 0 Å². The van der Waals surface area contributed by atoms with E-state index in [1.165, 1.54) is 17.3 Å². The summed E-state index contributed by atoms with van der Waals surface area (Å²) in [5.41, 5.74) is 1.96. The lowest BCUT2D eigenvalue weighted by Crippen LogP contribution is -2.02. The van der Waals surface area contributed by atoms with Gasteiger partial charge < -0.3 is 0 Å². The van der Waals surface area contributed by atoms with Crippen LogP contribution in [0.15, 0.2) is 47.4 Å². The highest BCUT2D eigenvalue weighted by Gasteiger charge is 2.09. The Morgan fingerprint density at radius 1 is 1.10 bits per heavy atom. The van der Waals surface area contributed by atoms with Crippen LogP contribution in [-0.4, -0.2) is 11.5 Å². The molecule has 2 aromatic carbocycles. The van der Waals surface area contributed by atoms with Crippen LogP contribution in [-0.2, 0) is 0 Å². The van der Waals surface area contributed by atoms with Crippen molar-refractivity contribution in [2.75, 3.05) is 5.75 Å². The van der Waals surface area contributed by atoms with Crippen LogP contribution in [0.25, 0.3) is 0 Å². The van der Waals surface area contributed by atoms with Gasteiger partial charge in [0.05, 0.1) is 10.8 Å². The summed E-state index contributed by atoms with van der Waals surface area (Å²) in [5, 5.41) is 1.24. The number of Topliss-reactive ketones (excluding diaryl/α,β-unsaturated/α-hetero) is 1. The molecule has 0 bridgehead atoms. The van der Waals surface area contributed by atoms with Crippen LogP contribution in [0.2, 0.25) is 10.0 Å². The Morgan fingerprint density at radius 3 is 2.38 bits per heavy atom. The number of thioether (sulfide) groups is 1. The van der Waals surface area contributed by atoms with Gasteiger partial charge in [0.1, 0.15) is 0 Å². The maximum Gasteiger partial charge on any atom is 0.173 e. The molecule has 0 aromatic heterocycles. The number of carbonyl (C=O) groups excluding carboxylic acids is 1. The van der Waals surface area contributed by atoms with Crippen molar-refractivity contribution in [1.29, 1.82) is 0 Å².